The Balaban J connectivity index is 1.64. The first-order valence-electron chi connectivity index (χ1n) is 6.46. The first-order chi connectivity index (χ1) is 10.1. The number of aromatic nitrogens is 3. The lowest BCUT2D eigenvalue weighted by atomic mass is 10.2. The Bertz CT molecular complexity index is 731. The van der Waals surface area contributed by atoms with E-state index in [1.807, 2.05) is 47.2 Å². The zero-order valence-corrected chi connectivity index (χ0v) is 12.6. The maximum atomic E-state index is 12.1. The van der Waals surface area contributed by atoms with Crippen LogP contribution in [0.2, 0.25) is 0 Å². The minimum absolute atomic E-state index is 0.149. The second kappa shape index (κ2) is 5.53. The third-order valence-electron chi connectivity index (χ3n) is 3.04. The molecule has 3 heterocycles. The molecule has 0 aliphatic heterocycles. The minimum atomic E-state index is -0.149. The van der Waals surface area contributed by atoms with Gasteiger partial charge in [-0.05, 0) is 12.1 Å². The normalized spacial score (nSPS) is 10.8. The van der Waals surface area contributed by atoms with Gasteiger partial charge in [0, 0.05) is 38.1 Å². The predicted molar refractivity (Wildman–Crippen MR) is 82.8 cm³/mol. The van der Waals surface area contributed by atoms with Crippen molar-refractivity contribution >= 4 is 28.0 Å². The van der Waals surface area contributed by atoms with Crippen molar-refractivity contribution in [1.29, 1.82) is 0 Å². The smallest absolute Gasteiger partial charge is 0.253 e. The Kier molecular flexibility index (Phi) is 3.57. The molecule has 0 aliphatic rings. The van der Waals surface area contributed by atoms with E-state index in [1.165, 1.54) is 0 Å². The summed E-state index contributed by atoms with van der Waals surface area (Å²) >= 11 is 1.57. The lowest BCUT2D eigenvalue weighted by Gasteiger charge is -2.11. The maximum absolute atomic E-state index is 12.1. The zero-order chi connectivity index (χ0) is 14.8. The highest BCUT2D eigenvalue weighted by atomic mass is 32.1. The van der Waals surface area contributed by atoms with Crippen LogP contribution >= 0.6 is 11.3 Å². The van der Waals surface area contributed by atoms with E-state index in [9.17, 15) is 4.79 Å². The van der Waals surface area contributed by atoms with Gasteiger partial charge in [-0.25, -0.2) is 9.97 Å². The first kappa shape index (κ1) is 13.6. The van der Waals surface area contributed by atoms with E-state index in [-0.39, 0.29) is 5.91 Å². The molecule has 7 heteroatoms. The van der Waals surface area contributed by atoms with Gasteiger partial charge in [-0.15, -0.1) is 11.3 Å². The van der Waals surface area contributed by atoms with E-state index >= 15 is 0 Å². The molecule has 21 heavy (non-hydrogen) atoms. The number of nitrogens with one attached hydrogen (secondary N) is 1. The SMILES string of the molecule is CN(C)c1ccc(C(=O)NCc2cn3ccsc3n2)cn1. The summed E-state index contributed by atoms with van der Waals surface area (Å²) in [5.74, 6) is 0.671. The van der Waals surface area contributed by atoms with Crippen molar-refractivity contribution in [3.8, 4) is 0 Å². The number of hydrogen-bond donors (Lipinski definition) is 1. The largest absolute Gasteiger partial charge is 0.363 e. The van der Waals surface area contributed by atoms with Gasteiger partial charge in [0.2, 0.25) is 0 Å². The Labute approximate surface area is 126 Å². The monoisotopic (exact) mass is 301 g/mol. The number of hydrogen-bond acceptors (Lipinski definition) is 5. The van der Waals surface area contributed by atoms with Crippen LogP contribution in [0.25, 0.3) is 4.96 Å². The number of anilines is 1. The van der Waals surface area contributed by atoms with Crippen LogP contribution in [0.3, 0.4) is 0 Å². The fourth-order valence-electron chi connectivity index (χ4n) is 1.92. The molecule has 3 aromatic heterocycles. The van der Waals surface area contributed by atoms with Crippen LogP contribution in [0.5, 0.6) is 0 Å². The fourth-order valence-corrected chi connectivity index (χ4v) is 2.64. The van der Waals surface area contributed by atoms with Crippen LogP contribution in [-0.4, -0.2) is 34.4 Å². The molecule has 108 valence electrons. The van der Waals surface area contributed by atoms with Crippen molar-refractivity contribution in [1.82, 2.24) is 19.7 Å². The molecule has 0 aromatic carbocycles. The van der Waals surface area contributed by atoms with Gasteiger partial charge in [0.1, 0.15) is 5.82 Å². The number of thiazole rings is 1. The molecule has 3 rings (SSSR count). The average Bonchev–Trinajstić information content (AvgIpc) is 3.06. The number of nitrogens with zero attached hydrogens (tertiary/aromatic N) is 4. The van der Waals surface area contributed by atoms with Crippen LogP contribution in [0.4, 0.5) is 5.82 Å². The fraction of sp³-hybridized carbons (Fsp3) is 0.214. The van der Waals surface area contributed by atoms with Crippen LogP contribution in [0.15, 0.2) is 36.1 Å². The Morgan fingerprint density at radius 3 is 2.95 bits per heavy atom. The first-order valence-corrected chi connectivity index (χ1v) is 7.34. The van der Waals surface area contributed by atoms with Crippen LogP contribution in [-0.2, 0) is 6.54 Å². The second-order valence-electron chi connectivity index (χ2n) is 4.81. The Hall–Kier alpha value is -2.41. The van der Waals surface area contributed by atoms with Crippen molar-refractivity contribution in [2.24, 2.45) is 0 Å². The Morgan fingerprint density at radius 2 is 2.29 bits per heavy atom. The number of rotatable bonds is 4. The third-order valence-corrected chi connectivity index (χ3v) is 3.81. The molecule has 6 nitrogen and oxygen atoms in total. The number of carbonyl (C=O) groups is 1. The summed E-state index contributed by atoms with van der Waals surface area (Å²) in [4.78, 5) is 23.5. The standard InChI is InChI=1S/C14H15N5OS/c1-18(2)12-4-3-10(7-15-12)13(20)16-8-11-9-19-5-6-21-14(19)17-11/h3-7,9H,8H2,1-2H3,(H,16,20). The van der Waals surface area contributed by atoms with Crippen LogP contribution in [0, 0.1) is 0 Å². The van der Waals surface area contributed by atoms with Gasteiger partial charge in [0.05, 0.1) is 17.8 Å². The number of carbonyl (C=O) groups excluding carboxylic acids is 1. The molecule has 0 atom stereocenters. The predicted octanol–water partition coefficient (Wildman–Crippen LogP) is 1.79. The van der Waals surface area contributed by atoms with Crippen molar-refractivity contribution in [2.75, 3.05) is 19.0 Å². The average molecular weight is 301 g/mol. The summed E-state index contributed by atoms with van der Waals surface area (Å²) < 4.78 is 1.94. The summed E-state index contributed by atoms with van der Waals surface area (Å²) in [6.07, 6.45) is 5.44. The number of amides is 1. The van der Waals surface area contributed by atoms with Crippen LogP contribution in [0.1, 0.15) is 16.1 Å². The highest BCUT2D eigenvalue weighted by molar-refractivity contribution is 7.15. The van der Waals surface area contributed by atoms with Gasteiger partial charge in [-0.3, -0.25) is 9.20 Å². The minimum Gasteiger partial charge on any atom is -0.363 e. The molecule has 1 amide bonds. The van der Waals surface area contributed by atoms with Gasteiger partial charge in [-0.1, -0.05) is 0 Å². The molecule has 3 aromatic rings. The van der Waals surface area contributed by atoms with E-state index in [2.05, 4.69) is 15.3 Å². The second-order valence-corrected chi connectivity index (χ2v) is 5.68. The third kappa shape index (κ3) is 2.87. The van der Waals surface area contributed by atoms with Crippen molar-refractivity contribution in [2.45, 2.75) is 6.54 Å². The highest BCUT2D eigenvalue weighted by Gasteiger charge is 2.08. The quantitative estimate of drug-likeness (QED) is 0.798. The van der Waals surface area contributed by atoms with Gasteiger partial charge in [0.25, 0.3) is 5.91 Å². The van der Waals surface area contributed by atoms with Crippen LogP contribution < -0.4 is 10.2 Å². The molecule has 0 saturated heterocycles. The molecule has 0 fully saturated rings. The number of pyridine rings is 1. The lowest BCUT2D eigenvalue weighted by molar-refractivity contribution is 0.0950. The van der Waals surface area contributed by atoms with Gasteiger partial charge >= 0.3 is 0 Å². The molecule has 0 aliphatic carbocycles. The van der Waals surface area contributed by atoms with E-state index in [0.717, 1.165) is 16.5 Å². The molecule has 1 N–H and O–H groups in total. The molecular weight excluding hydrogens is 286 g/mol. The lowest BCUT2D eigenvalue weighted by Crippen LogP contribution is -2.23. The number of fused-ring (bicyclic) bond motifs is 1. The van der Waals surface area contributed by atoms with Gasteiger partial charge in [-0.2, -0.15) is 0 Å². The van der Waals surface area contributed by atoms with E-state index in [1.54, 1.807) is 23.6 Å². The molecule has 0 radical (unpaired) electrons. The highest BCUT2D eigenvalue weighted by Crippen LogP contribution is 2.11. The van der Waals surface area contributed by atoms with Crippen molar-refractivity contribution in [3.05, 3.63) is 47.4 Å². The summed E-state index contributed by atoms with van der Waals surface area (Å²) in [7, 11) is 3.82. The Morgan fingerprint density at radius 1 is 1.43 bits per heavy atom. The zero-order valence-electron chi connectivity index (χ0n) is 11.8. The summed E-state index contributed by atoms with van der Waals surface area (Å²) in [5.41, 5.74) is 1.38. The van der Waals surface area contributed by atoms with Crippen molar-refractivity contribution < 1.29 is 4.79 Å². The maximum Gasteiger partial charge on any atom is 0.253 e. The van der Waals surface area contributed by atoms with Gasteiger partial charge in [0.15, 0.2) is 4.96 Å². The molecular formula is C14H15N5OS. The topological polar surface area (TPSA) is 62.5 Å². The van der Waals surface area contributed by atoms with Crippen molar-refractivity contribution in [3.63, 3.8) is 0 Å². The molecule has 0 saturated carbocycles. The van der Waals surface area contributed by atoms with E-state index in [0.29, 0.717) is 12.1 Å². The molecule has 0 unspecified atom stereocenters. The summed E-state index contributed by atoms with van der Waals surface area (Å²) in [6.45, 7) is 0.405. The molecule has 0 bridgehead atoms. The molecule has 0 spiro atoms. The summed E-state index contributed by atoms with van der Waals surface area (Å²) in [6, 6.07) is 3.59. The van der Waals surface area contributed by atoms with E-state index in [4.69, 9.17) is 0 Å². The summed E-state index contributed by atoms with van der Waals surface area (Å²) in [5, 5.41) is 4.83. The van der Waals surface area contributed by atoms with Gasteiger partial charge < -0.3 is 10.2 Å². The number of imidazole rings is 1. The van der Waals surface area contributed by atoms with E-state index < -0.39 is 0 Å².